The zero-order valence-electron chi connectivity index (χ0n) is 21.0. The second-order valence-corrected chi connectivity index (χ2v) is 9.67. The molecule has 4 rings (SSSR count). The van der Waals surface area contributed by atoms with E-state index in [0.717, 1.165) is 30.2 Å². The van der Waals surface area contributed by atoms with Gasteiger partial charge in [-0.05, 0) is 36.8 Å². The molecule has 1 saturated heterocycles. The number of fused-ring (bicyclic) bond motifs is 1. The van der Waals surface area contributed by atoms with E-state index in [1.807, 2.05) is 36.4 Å². The van der Waals surface area contributed by atoms with Crippen LogP contribution in [0.2, 0.25) is 0 Å². The van der Waals surface area contributed by atoms with Crippen LogP contribution >= 0.6 is 0 Å². The van der Waals surface area contributed by atoms with Crippen LogP contribution in [0, 0.1) is 11.3 Å². The molecule has 0 radical (unpaired) electrons. The van der Waals surface area contributed by atoms with E-state index in [-0.39, 0.29) is 5.91 Å². The van der Waals surface area contributed by atoms with Gasteiger partial charge in [-0.1, -0.05) is 44.2 Å². The molecular weight excluding hydrogens is 442 g/mol. The molecule has 8 nitrogen and oxygen atoms in total. The fraction of sp³-hybridized carbons (Fsp3) is 0.444. The highest BCUT2D eigenvalue weighted by Gasteiger charge is 2.42. The number of nitrogens with zero attached hydrogens (tertiary/aromatic N) is 3. The molecule has 0 unspecified atom stereocenters. The van der Waals surface area contributed by atoms with E-state index < -0.39 is 5.41 Å². The quantitative estimate of drug-likeness (QED) is 0.502. The molecular formula is C27H35N5O3. The number of nitrogens with one attached hydrogen (secondary N) is 1. The number of nitrogens with two attached hydrogens (primary N) is 1. The number of hydrogen-bond donors (Lipinski definition) is 2. The van der Waals surface area contributed by atoms with Crippen LogP contribution in [0.3, 0.4) is 0 Å². The summed E-state index contributed by atoms with van der Waals surface area (Å²) in [5.74, 6) is 2.69. The molecule has 3 aromatic rings. The summed E-state index contributed by atoms with van der Waals surface area (Å²) in [6, 6.07) is 13.6. The van der Waals surface area contributed by atoms with Gasteiger partial charge in [-0.25, -0.2) is 4.98 Å². The first kappa shape index (κ1) is 24.6. The molecule has 2 aromatic carbocycles. The number of rotatable bonds is 8. The van der Waals surface area contributed by atoms with Crippen molar-refractivity contribution in [1.82, 2.24) is 15.3 Å². The lowest BCUT2D eigenvalue weighted by Crippen LogP contribution is -2.49. The van der Waals surface area contributed by atoms with E-state index in [9.17, 15) is 4.79 Å². The van der Waals surface area contributed by atoms with Gasteiger partial charge in [-0.2, -0.15) is 4.98 Å². The van der Waals surface area contributed by atoms with E-state index in [2.05, 4.69) is 29.0 Å². The Morgan fingerprint density at radius 3 is 2.37 bits per heavy atom. The maximum atomic E-state index is 13.4. The third kappa shape index (κ3) is 5.26. The number of nitrogen functional groups attached to an aromatic ring is 1. The minimum atomic E-state index is -0.404. The lowest BCUT2D eigenvalue weighted by molar-refractivity contribution is -0.133. The normalized spacial score (nSPS) is 15.3. The van der Waals surface area contributed by atoms with Crippen molar-refractivity contribution >= 4 is 28.6 Å². The second-order valence-electron chi connectivity index (χ2n) is 9.67. The highest BCUT2D eigenvalue weighted by molar-refractivity contribution is 5.91. The lowest BCUT2D eigenvalue weighted by Gasteiger charge is -2.41. The standard InChI is InChI=1S/C27H35N5O3/c1-18(2)16-27(25(33)29-17-19-8-6-5-7-9-19)10-12-32(13-11-27)26-30-21-15-23(35-4)22(34-3)14-20(21)24(28)31-26/h5-9,14-15,18H,10-13,16-17H2,1-4H3,(H,29,33)(H2,28,30,31). The summed E-state index contributed by atoms with van der Waals surface area (Å²) in [5.41, 5.74) is 7.70. The van der Waals surface area contributed by atoms with Crippen molar-refractivity contribution in [2.45, 2.75) is 39.7 Å². The third-order valence-electron chi connectivity index (χ3n) is 6.80. The SMILES string of the molecule is COc1cc2nc(N3CCC(CC(C)C)(C(=O)NCc4ccccc4)CC3)nc(N)c2cc1OC. The molecule has 1 amide bonds. The Morgan fingerprint density at radius 2 is 1.74 bits per heavy atom. The average molecular weight is 478 g/mol. The largest absolute Gasteiger partial charge is 0.493 e. The molecule has 3 N–H and O–H groups in total. The van der Waals surface area contributed by atoms with Crippen LogP contribution in [0.1, 0.15) is 38.7 Å². The van der Waals surface area contributed by atoms with Crippen molar-refractivity contribution in [2.75, 3.05) is 37.9 Å². The number of ether oxygens (including phenoxy) is 2. The smallest absolute Gasteiger partial charge is 0.227 e. The molecule has 8 heteroatoms. The van der Waals surface area contributed by atoms with Gasteiger partial charge in [-0.15, -0.1) is 0 Å². The molecule has 1 fully saturated rings. The molecule has 0 bridgehead atoms. The first-order chi connectivity index (χ1) is 16.8. The minimum absolute atomic E-state index is 0.130. The van der Waals surface area contributed by atoms with Crippen LogP contribution in [0.4, 0.5) is 11.8 Å². The zero-order chi connectivity index (χ0) is 25.0. The van der Waals surface area contributed by atoms with Crippen LogP contribution in [-0.2, 0) is 11.3 Å². The Bertz CT molecular complexity index is 1170. The van der Waals surface area contributed by atoms with E-state index >= 15 is 0 Å². The van der Waals surface area contributed by atoms with Gasteiger partial charge >= 0.3 is 0 Å². The molecule has 35 heavy (non-hydrogen) atoms. The van der Waals surface area contributed by atoms with Crippen LogP contribution in [0.25, 0.3) is 10.9 Å². The van der Waals surface area contributed by atoms with Crippen LogP contribution in [-0.4, -0.2) is 43.2 Å². The van der Waals surface area contributed by atoms with Gasteiger partial charge in [0.2, 0.25) is 11.9 Å². The summed E-state index contributed by atoms with van der Waals surface area (Å²) >= 11 is 0. The minimum Gasteiger partial charge on any atom is -0.493 e. The van der Waals surface area contributed by atoms with Crippen molar-refractivity contribution < 1.29 is 14.3 Å². The maximum Gasteiger partial charge on any atom is 0.227 e. The molecule has 0 aliphatic carbocycles. The maximum absolute atomic E-state index is 13.4. The van der Waals surface area contributed by atoms with Crippen molar-refractivity contribution in [1.29, 1.82) is 0 Å². The third-order valence-corrected chi connectivity index (χ3v) is 6.80. The Morgan fingerprint density at radius 1 is 1.09 bits per heavy atom. The van der Waals surface area contributed by atoms with Gasteiger partial charge in [0, 0.05) is 31.1 Å². The van der Waals surface area contributed by atoms with E-state index in [1.165, 1.54) is 0 Å². The number of methoxy groups -OCH3 is 2. The predicted octanol–water partition coefficient (Wildman–Crippen LogP) is 4.18. The fourth-order valence-electron chi connectivity index (χ4n) is 5.01. The number of aromatic nitrogens is 2. The number of carbonyl (C=O) groups excluding carboxylic acids is 1. The molecule has 2 heterocycles. The first-order valence-corrected chi connectivity index (χ1v) is 12.1. The van der Waals surface area contributed by atoms with Crippen molar-refractivity contribution in [3.63, 3.8) is 0 Å². The van der Waals surface area contributed by atoms with Crippen molar-refractivity contribution in [3.8, 4) is 11.5 Å². The van der Waals surface area contributed by atoms with Crippen molar-refractivity contribution in [2.24, 2.45) is 11.3 Å². The summed E-state index contributed by atoms with van der Waals surface area (Å²) < 4.78 is 10.8. The van der Waals surface area contributed by atoms with Crippen LogP contribution < -0.4 is 25.4 Å². The Balaban J connectivity index is 1.53. The molecule has 1 aliphatic heterocycles. The van der Waals surface area contributed by atoms with Gasteiger partial charge in [0.15, 0.2) is 11.5 Å². The molecule has 0 atom stereocenters. The molecule has 0 spiro atoms. The number of piperidine rings is 1. The topological polar surface area (TPSA) is 103 Å². The van der Waals surface area contributed by atoms with Gasteiger partial charge < -0.3 is 25.4 Å². The zero-order valence-corrected chi connectivity index (χ0v) is 21.0. The summed E-state index contributed by atoms with van der Waals surface area (Å²) in [5, 5.41) is 3.91. The van der Waals surface area contributed by atoms with E-state index in [0.29, 0.717) is 54.3 Å². The van der Waals surface area contributed by atoms with Crippen LogP contribution in [0.15, 0.2) is 42.5 Å². The molecule has 1 aromatic heterocycles. The fourth-order valence-corrected chi connectivity index (χ4v) is 5.01. The number of carbonyl (C=O) groups is 1. The van der Waals surface area contributed by atoms with Gasteiger partial charge in [0.05, 0.1) is 25.2 Å². The Labute approximate surface area is 206 Å². The van der Waals surface area contributed by atoms with E-state index in [4.69, 9.17) is 20.2 Å². The molecule has 186 valence electrons. The predicted molar refractivity (Wildman–Crippen MR) is 139 cm³/mol. The van der Waals surface area contributed by atoms with E-state index in [1.54, 1.807) is 20.3 Å². The van der Waals surface area contributed by atoms with Gasteiger partial charge in [-0.3, -0.25) is 4.79 Å². The first-order valence-electron chi connectivity index (χ1n) is 12.1. The van der Waals surface area contributed by atoms with Crippen LogP contribution in [0.5, 0.6) is 11.5 Å². The second kappa shape index (κ2) is 10.4. The van der Waals surface area contributed by atoms with Gasteiger partial charge in [0.25, 0.3) is 0 Å². The highest BCUT2D eigenvalue weighted by Crippen LogP contribution is 2.40. The van der Waals surface area contributed by atoms with Crippen molar-refractivity contribution in [3.05, 3.63) is 48.0 Å². The number of hydrogen-bond acceptors (Lipinski definition) is 7. The summed E-state index contributed by atoms with van der Waals surface area (Å²) in [4.78, 5) is 24.9. The Hall–Kier alpha value is -3.55. The monoisotopic (exact) mass is 477 g/mol. The highest BCUT2D eigenvalue weighted by atomic mass is 16.5. The summed E-state index contributed by atoms with van der Waals surface area (Å²) in [6.07, 6.45) is 2.32. The van der Waals surface area contributed by atoms with Gasteiger partial charge in [0.1, 0.15) is 5.82 Å². The number of benzene rings is 2. The number of amides is 1. The summed E-state index contributed by atoms with van der Waals surface area (Å²) in [6.45, 7) is 6.26. The molecule has 0 saturated carbocycles. The number of anilines is 2. The average Bonchev–Trinajstić information content (AvgIpc) is 2.87. The summed E-state index contributed by atoms with van der Waals surface area (Å²) in [7, 11) is 3.18. The Kier molecular flexibility index (Phi) is 7.28. The lowest BCUT2D eigenvalue weighted by atomic mass is 9.72. The molecule has 1 aliphatic rings.